The highest BCUT2D eigenvalue weighted by Crippen LogP contribution is 2.37. The van der Waals surface area contributed by atoms with E-state index in [1.165, 1.54) is 0 Å². The third kappa shape index (κ3) is 2.97. The second-order valence-electron chi connectivity index (χ2n) is 5.63. The minimum atomic E-state index is -0.560. The summed E-state index contributed by atoms with van der Waals surface area (Å²) in [6.07, 6.45) is 2.37. The smallest absolute Gasteiger partial charge is 0.317 e. The number of rotatable bonds is 2. The maximum absolute atomic E-state index is 12.0. The van der Waals surface area contributed by atoms with Gasteiger partial charge in [0.1, 0.15) is 5.75 Å². The van der Waals surface area contributed by atoms with E-state index in [2.05, 4.69) is 5.32 Å². The largest absolute Gasteiger partial charge is 0.462 e. The van der Waals surface area contributed by atoms with E-state index in [4.69, 9.17) is 9.47 Å². The zero-order valence-electron chi connectivity index (χ0n) is 12.4. The van der Waals surface area contributed by atoms with E-state index in [1.807, 2.05) is 36.1 Å². The highest BCUT2D eigenvalue weighted by Gasteiger charge is 2.41. The van der Waals surface area contributed by atoms with Crippen molar-refractivity contribution in [2.75, 3.05) is 19.6 Å². The second-order valence-corrected chi connectivity index (χ2v) is 5.63. The summed E-state index contributed by atoms with van der Waals surface area (Å²) >= 11 is 0. The maximum Gasteiger partial charge on any atom is 0.317 e. The van der Waals surface area contributed by atoms with Gasteiger partial charge in [0.25, 0.3) is 0 Å². The predicted octanol–water partition coefficient (Wildman–Crippen LogP) is 2.51. The molecule has 114 valence electrons. The molecule has 2 aliphatic rings. The first-order chi connectivity index (χ1) is 10.2. The Morgan fingerprint density at radius 2 is 2.10 bits per heavy atom. The van der Waals surface area contributed by atoms with E-state index in [0.29, 0.717) is 32.5 Å². The molecule has 3 rings (SSSR count). The van der Waals surface area contributed by atoms with Gasteiger partial charge in [0.15, 0.2) is 0 Å². The molecule has 0 saturated carbocycles. The lowest BCUT2D eigenvalue weighted by molar-refractivity contribution is -0.225. The number of fused-ring (bicyclic) bond motifs is 1. The topological polar surface area (TPSA) is 50.8 Å². The van der Waals surface area contributed by atoms with Crippen LogP contribution in [0.3, 0.4) is 0 Å². The molecule has 1 spiro atoms. The first kappa shape index (κ1) is 14.2. The van der Waals surface area contributed by atoms with Crippen molar-refractivity contribution in [1.29, 1.82) is 0 Å². The fourth-order valence-corrected chi connectivity index (χ4v) is 2.80. The minimum Gasteiger partial charge on any atom is -0.462 e. The third-order valence-corrected chi connectivity index (χ3v) is 4.10. The summed E-state index contributed by atoms with van der Waals surface area (Å²) in [6, 6.07) is 7.99. The molecule has 2 aliphatic heterocycles. The molecule has 1 N–H and O–H groups in total. The van der Waals surface area contributed by atoms with Crippen LogP contribution in [0.5, 0.6) is 5.75 Å². The minimum absolute atomic E-state index is 0.0166. The molecule has 0 atom stereocenters. The lowest BCUT2D eigenvalue weighted by Gasteiger charge is -2.43. The van der Waals surface area contributed by atoms with Gasteiger partial charge in [-0.15, -0.1) is 0 Å². The van der Waals surface area contributed by atoms with Crippen molar-refractivity contribution in [2.45, 2.75) is 38.6 Å². The zero-order valence-corrected chi connectivity index (χ0v) is 12.4. The molecule has 0 aromatic heterocycles. The molecular weight excluding hydrogens is 268 g/mol. The van der Waals surface area contributed by atoms with Gasteiger partial charge < -0.3 is 19.7 Å². The van der Waals surface area contributed by atoms with Crippen LogP contribution in [0.25, 0.3) is 0 Å². The molecular formula is C16H22N2O3. The molecule has 0 unspecified atom stereocenters. The number of nitrogens with zero attached hydrogens (tertiary/aromatic N) is 1. The number of likely N-dealkylation sites (tertiary alicyclic amines) is 1. The summed E-state index contributed by atoms with van der Waals surface area (Å²) in [5.41, 5.74) is 1.09. The molecule has 0 aliphatic carbocycles. The summed E-state index contributed by atoms with van der Waals surface area (Å²) in [4.78, 5) is 13.8. The average Bonchev–Trinajstić information content (AvgIpc) is 2.53. The number of amides is 2. The van der Waals surface area contributed by atoms with Crippen LogP contribution in [0.2, 0.25) is 0 Å². The molecule has 2 heterocycles. The molecule has 5 heteroatoms. The van der Waals surface area contributed by atoms with Crippen LogP contribution < -0.4 is 10.1 Å². The average molecular weight is 290 g/mol. The van der Waals surface area contributed by atoms with Gasteiger partial charge in [0.05, 0.1) is 6.61 Å². The zero-order chi connectivity index (χ0) is 14.7. The van der Waals surface area contributed by atoms with Crippen LogP contribution in [0.4, 0.5) is 4.79 Å². The predicted molar refractivity (Wildman–Crippen MR) is 79.1 cm³/mol. The Bertz CT molecular complexity index is 510. The number of hydrogen-bond donors (Lipinski definition) is 1. The summed E-state index contributed by atoms with van der Waals surface area (Å²) in [6.45, 7) is 4.68. The summed E-state index contributed by atoms with van der Waals surface area (Å²) in [5.74, 6) is 0.350. The monoisotopic (exact) mass is 290 g/mol. The van der Waals surface area contributed by atoms with E-state index < -0.39 is 5.79 Å². The molecule has 1 aromatic rings. The normalized spacial score (nSPS) is 19.8. The van der Waals surface area contributed by atoms with Crippen molar-refractivity contribution in [3.8, 4) is 5.75 Å². The van der Waals surface area contributed by atoms with Crippen LogP contribution in [0, 0.1) is 0 Å². The molecule has 0 bridgehead atoms. The van der Waals surface area contributed by atoms with Crippen LogP contribution in [0.15, 0.2) is 24.3 Å². The van der Waals surface area contributed by atoms with E-state index in [1.54, 1.807) is 0 Å². The maximum atomic E-state index is 12.0. The number of ether oxygens (including phenoxy) is 2. The van der Waals surface area contributed by atoms with Gasteiger partial charge in [-0.2, -0.15) is 0 Å². The number of urea groups is 1. The number of nitrogens with one attached hydrogen (secondary N) is 1. The molecule has 1 aromatic carbocycles. The Hall–Kier alpha value is -1.75. The molecule has 0 radical (unpaired) electrons. The van der Waals surface area contributed by atoms with Crippen molar-refractivity contribution >= 4 is 6.03 Å². The van der Waals surface area contributed by atoms with E-state index in [9.17, 15) is 4.79 Å². The van der Waals surface area contributed by atoms with Gasteiger partial charge >= 0.3 is 6.03 Å². The molecule has 2 amide bonds. The van der Waals surface area contributed by atoms with Crippen LogP contribution in [-0.4, -0.2) is 36.4 Å². The summed E-state index contributed by atoms with van der Waals surface area (Å²) in [7, 11) is 0. The van der Waals surface area contributed by atoms with Crippen molar-refractivity contribution in [3.63, 3.8) is 0 Å². The molecule has 5 nitrogen and oxygen atoms in total. The van der Waals surface area contributed by atoms with Crippen molar-refractivity contribution in [3.05, 3.63) is 29.8 Å². The van der Waals surface area contributed by atoms with Gasteiger partial charge in [-0.1, -0.05) is 25.1 Å². The van der Waals surface area contributed by atoms with Gasteiger partial charge in [-0.3, -0.25) is 0 Å². The van der Waals surface area contributed by atoms with E-state index >= 15 is 0 Å². The lowest BCUT2D eigenvalue weighted by atomic mass is 10.0. The van der Waals surface area contributed by atoms with Gasteiger partial charge in [0, 0.05) is 38.0 Å². The Balaban J connectivity index is 1.60. The SMILES string of the molecule is CCCNC(=O)N1CCC2(CC1)OCc1ccccc1O2. The Labute approximate surface area is 125 Å². The fraction of sp³-hybridized carbons (Fsp3) is 0.562. The van der Waals surface area contributed by atoms with Gasteiger partial charge in [-0.25, -0.2) is 4.79 Å². The summed E-state index contributed by atoms with van der Waals surface area (Å²) in [5, 5.41) is 2.91. The number of carbonyl (C=O) groups is 1. The number of para-hydroxylation sites is 1. The Kier molecular flexibility index (Phi) is 4.01. The van der Waals surface area contributed by atoms with Crippen LogP contribution in [-0.2, 0) is 11.3 Å². The number of benzene rings is 1. The molecule has 21 heavy (non-hydrogen) atoms. The first-order valence-corrected chi connectivity index (χ1v) is 7.66. The highest BCUT2D eigenvalue weighted by atomic mass is 16.7. The van der Waals surface area contributed by atoms with Crippen molar-refractivity contribution in [1.82, 2.24) is 10.2 Å². The number of carbonyl (C=O) groups excluding carboxylic acids is 1. The fourth-order valence-electron chi connectivity index (χ4n) is 2.80. The molecule has 1 fully saturated rings. The quantitative estimate of drug-likeness (QED) is 0.910. The Morgan fingerprint density at radius 1 is 1.33 bits per heavy atom. The second kappa shape index (κ2) is 5.93. The van der Waals surface area contributed by atoms with Crippen molar-refractivity contribution in [2.24, 2.45) is 0 Å². The van der Waals surface area contributed by atoms with Crippen LogP contribution >= 0.6 is 0 Å². The van der Waals surface area contributed by atoms with Gasteiger partial charge in [0.2, 0.25) is 5.79 Å². The van der Waals surface area contributed by atoms with E-state index in [-0.39, 0.29) is 6.03 Å². The number of hydrogen-bond acceptors (Lipinski definition) is 3. The first-order valence-electron chi connectivity index (χ1n) is 7.66. The van der Waals surface area contributed by atoms with Gasteiger partial charge in [-0.05, 0) is 12.5 Å². The number of piperidine rings is 1. The highest BCUT2D eigenvalue weighted by molar-refractivity contribution is 5.74. The standard InChI is InChI=1S/C16H22N2O3/c1-2-9-17-15(19)18-10-7-16(8-11-18)20-12-13-5-3-4-6-14(13)21-16/h3-6H,2,7-12H2,1H3,(H,17,19). The lowest BCUT2D eigenvalue weighted by Crippen LogP contribution is -2.54. The third-order valence-electron chi connectivity index (χ3n) is 4.10. The Morgan fingerprint density at radius 3 is 2.86 bits per heavy atom. The molecule has 1 saturated heterocycles. The van der Waals surface area contributed by atoms with Crippen LogP contribution in [0.1, 0.15) is 31.7 Å². The van der Waals surface area contributed by atoms with E-state index in [0.717, 1.165) is 24.3 Å². The van der Waals surface area contributed by atoms with Crippen molar-refractivity contribution < 1.29 is 14.3 Å². The summed E-state index contributed by atoms with van der Waals surface area (Å²) < 4.78 is 12.1.